The van der Waals surface area contributed by atoms with E-state index in [1.54, 1.807) is 4.90 Å². The van der Waals surface area contributed by atoms with Gasteiger partial charge in [0.15, 0.2) is 0 Å². The smallest absolute Gasteiger partial charge is 0.310 e. The Labute approximate surface area is 150 Å². The number of aliphatic carboxylic acids is 1. The minimum Gasteiger partial charge on any atom is -0.490 e. The standard InChI is InChI=1S/C18H22BrNO4/c19-13-3-1-4-15(11-13)24-14-5-9-20(10-6-14)16(21)12-18(17(22)23)7-2-8-18/h1,3-4,11,14H,2,5-10,12H2,(H,22,23). The van der Waals surface area contributed by atoms with Crippen molar-refractivity contribution in [3.05, 3.63) is 28.7 Å². The number of hydrogen-bond donors (Lipinski definition) is 1. The summed E-state index contributed by atoms with van der Waals surface area (Å²) in [6, 6.07) is 7.75. The number of halogens is 1. The number of hydrogen-bond acceptors (Lipinski definition) is 3. The first kappa shape index (κ1) is 17.3. The molecule has 6 heteroatoms. The van der Waals surface area contributed by atoms with Gasteiger partial charge in [-0.15, -0.1) is 0 Å². The topological polar surface area (TPSA) is 66.8 Å². The van der Waals surface area contributed by atoms with Gasteiger partial charge in [-0.25, -0.2) is 0 Å². The highest BCUT2D eigenvalue weighted by Gasteiger charge is 2.46. The first-order valence-electron chi connectivity index (χ1n) is 8.42. The average Bonchev–Trinajstić information content (AvgIpc) is 2.51. The number of nitrogens with zero attached hydrogens (tertiary/aromatic N) is 1. The third-order valence-electron chi connectivity index (χ3n) is 5.15. The van der Waals surface area contributed by atoms with E-state index in [0.29, 0.717) is 25.9 Å². The molecule has 2 aliphatic rings. The fraction of sp³-hybridized carbons (Fsp3) is 0.556. The van der Waals surface area contributed by atoms with Gasteiger partial charge in [0.05, 0.1) is 5.41 Å². The van der Waals surface area contributed by atoms with Gasteiger partial charge in [0.2, 0.25) is 5.91 Å². The summed E-state index contributed by atoms with van der Waals surface area (Å²) in [7, 11) is 0. The summed E-state index contributed by atoms with van der Waals surface area (Å²) in [6.45, 7) is 1.26. The van der Waals surface area contributed by atoms with Crippen molar-refractivity contribution in [2.75, 3.05) is 13.1 Å². The summed E-state index contributed by atoms with van der Waals surface area (Å²) in [4.78, 5) is 25.6. The highest BCUT2D eigenvalue weighted by molar-refractivity contribution is 9.10. The summed E-state index contributed by atoms with van der Waals surface area (Å²) in [5, 5.41) is 9.36. The third kappa shape index (κ3) is 3.74. The van der Waals surface area contributed by atoms with Crippen LogP contribution in [0.1, 0.15) is 38.5 Å². The Kier molecular flexibility index (Phi) is 5.13. The van der Waals surface area contributed by atoms with Crippen molar-refractivity contribution in [3.63, 3.8) is 0 Å². The van der Waals surface area contributed by atoms with Crippen LogP contribution in [-0.2, 0) is 9.59 Å². The largest absolute Gasteiger partial charge is 0.490 e. The molecule has 1 aromatic rings. The molecule has 1 aliphatic heterocycles. The number of carbonyl (C=O) groups excluding carboxylic acids is 1. The molecule has 1 saturated carbocycles. The molecule has 0 atom stereocenters. The molecular formula is C18H22BrNO4. The van der Waals surface area contributed by atoms with Crippen LogP contribution >= 0.6 is 15.9 Å². The van der Waals surface area contributed by atoms with Crippen molar-refractivity contribution in [2.24, 2.45) is 5.41 Å². The van der Waals surface area contributed by atoms with Crippen LogP contribution in [0.5, 0.6) is 5.75 Å². The molecule has 0 spiro atoms. The second-order valence-corrected chi connectivity index (χ2v) is 7.69. The summed E-state index contributed by atoms with van der Waals surface area (Å²) >= 11 is 3.43. The Morgan fingerprint density at radius 2 is 2.00 bits per heavy atom. The Morgan fingerprint density at radius 1 is 1.29 bits per heavy atom. The quantitative estimate of drug-likeness (QED) is 0.828. The summed E-state index contributed by atoms with van der Waals surface area (Å²) in [6.07, 6.45) is 3.94. The zero-order chi connectivity index (χ0) is 17.2. The van der Waals surface area contributed by atoms with Crippen LogP contribution in [-0.4, -0.2) is 41.1 Å². The van der Waals surface area contributed by atoms with Crippen LogP contribution in [0.2, 0.25) is 0 Å². The van der Waals surface area contributed by atoms with Crippen molar-refractivity contribution in [2.45, 2.75) is 44.6 Å². The Hall–Kier alpha value is -1.56. The molecule has 0 radical (unpaired) electrons. The van der Waals surface area contributed by atoms with Gasteiger partial charge in [-0.2, -0.15) is 0 Å². The molecule has 1 heterocycles. The number of rotatable bonds is 5. The molecule has 1 amide bonds. The van der Waals surface area contributed by atoms with Gasteiger partial charge in [-0.1, -0.05) is 28.4 Å². The number of piperidine rings is 1. The first-order chi connectivity index (χ1) is 11.5. The number of benzene rings is 1. The molecular weight excluding hydrogens is 374 g/mol. The summed E-state index contributed by atoms with van der Waals surface area (Å²) in [5.41, 5.74) is -0.805. The maximum absolute atomic E-state index is 12.4. The van der Waals surface area contributed by atoms with E-state index in [-0.39, 0.29) is 18.4 Å². The van der Waals surface area contributed by atoms with E-state index in [4.69, 9.17) is 4.74 Å². The molecule has 5 nitrogen and oxygen atoms in total. The van der Waals surface area contributed by atoms with Crippen LogP contribution in [0.15, 0.2) is 28.7 Å². The molecule has 0 bridgehead atoms. The molecule has 3 rings (SSSR count). The number of carboxylic acid groups (broad SMARTS) is 1. The maximum Gasteiger partial charge on any atom is 0.310 e. The molecule has 1 aromatic carbocycles. The average molecular weight is 396 g/mol. The second kappa shape index (κ2) is 7.13. The summed E-state index contributed by atoms with van der Waals surface area (Å²) < 4.78 is 6.95. The number of amides is 1. The van der Waals surface area contributed by atoms with E-state index >= 15 is 0 Å². The summed E-state index contributed by atoms with van der Waals surface area (Å²) in [5.74, 6) is -0.0265. The SMILES string of the molecule is O=C(CC1(C(=O)O)CCC1)N1CCC(Oc2cccc(Br)c2)CC1. The third-order valence-corrected chi connectivity index (χ3v) is 5.64. The predicted octanol–water partition coefficient (Wildman–Crippen LogP) is 3.46. The van der Waals surface area contributed by atoms with Crippen molar-refractivity contribution in [1.29, 1.82) is 0 Å². The molecule has 1 saturated heterocycles. The predicted molar refractivity (Wildman–Crippen MR) is 92.9 cm³/mol. The van der Waals surface area contributed by atoms with Crippen LogP contribution < -0.4 is 4.74 Å². The van der Waals surface area contributed by atoms with E-state index in [1.165, 1.54) is 0 Å². The van der Waals surface area contributed by atoms with Gasteiger partial charge in [-0.3, -0.25) is 9.59 Å². The van der Waals surface area contributed by atoms with Gasteiger partial charge in [0.1, 0.15) is 11.9 Å². The Balaban J connectivity index is 1.49. The zero-order valence-corrected chi connectivity index (χ0v) is 15.1. The van der Waals surface area contributed by atoms with Crippen molar-refractivity contribution >= 4 is 27.8 Å². The van der Waals surface area contributed by atoms with Crippen molar-refractivity contribution in [3.8, 4) is 5.75 Å². The minimum atomic E-state index is -0.824. The lowest BCUT2D eigenvalue weighted by molar-refractivity contribution is -0.160. The second-order valence-electron chi connectivity index (χ2n) is 6.77. The van der Waals surface area contributed by atoms with E-state index in [1.807, 2.05) is 24.3 Å². The Bertz CT molecular complexity index is 621. The maximum atomic E-state index is 12.4. The van der Waals surface area contributed by atoms with E-state index < -0.39 is 11.4 Å². The monoisotopic (exact) mass is 395 g/mol. The van der Waals surface area contributed by atoms with Crippen LogP contribution in [0.3, 0.4) is 0 Å². The van der Waals surface area contributed by atoms with Gasteiger partial charge < -0.3 is 14.7 Å². The molecule has 0 unspecified atom stereocenters. The van der Waals surface area contributed by atoms with E-state index in [9.17, 15) is 14.7 Å². The molecule has 0 aromatic heterocycles. The van der Waals surface area contributed by atoms with E-state index in [2.05, 4.69) is 15.9 Å². The zero-order valence-electron chi connectivity index (χ0n) is 13.5. The fourth-order valence-electron chi connectivity index (χ4n) is 3.43. The van der Waals surface area contributed by atoms with Gasteiger partial charge in [0, 0.05) is 36.8 Å². The molecule has 1 aliphatic carbocycles. The Morgan fingerprint density at radius 3 is 2.54 bits per heavy atom. The molecule has 24 heavy (non-hydrogen) atoms. The van der Waals surface area contributed by atoms with Gasteiger partial charge in [0.25, 0.3) is 0 Å². The lowest BCUT2D eigenvalue weighted by Gasteiger charge is -2.39. The highest BCUT2D eigenvalue weighted by atomic mass is 79.9. The van der Waals surface area contributed by atoms with Crippen LogP contribution in [0.4, 0.5) is 0 Å². The lowest BCUT2D eigenvalue weighted by Crippen LogP contribution is -2.47. The normalized spacial score (nSPS) is 20.3. The first-order valence-corrected chi connectivity index (χ1v) is 9.21. The minimum absolute atomic E-state index is 0.0296. The van der Waals surface area contributed by atoms with Gasteiger partial charge in [-0.05, 0) is 31.0 Å². The van der Waals surface area contributed by atoms with Crippen molar-refractivity contribution < 1.29 is 19.4 Å². The highest BCUT2D eigenvalue weighted by Crippen LogP contribution is 2.44. The molecule has 130 valence electrons. The van der Waals surface area contributed by atoms with Crippen LogP contribution in [0.25, 0.3) is 0 Å². The van der Waals surface area contributed by atoms with E-state index in [0.717, 1.165) is 29.5 Å². The van der Waals surface area contributed by atoms with Crippen molar-refractivity contribution in [1.82, 2.24) is 4.90 Å². The number of likely N-dealkylation sites (tertiary alicyclic amines) is 1. The number of carboxylic acids is 1. The molecule has 1 N–H and O–H groups in total. The fourth-order valence-corrected chi connectivity index (χ4v) is 3.81. The molecule has 2 fully saturated rings. The van der Waals surface area contributed by atoms with Crippen LogP contribution in [0, 0.1) is 5.41 Å². The lowest BCUT2D eigenvalue weighted by atomic mass is 9.66. The number of ether oxygens (including phenoxy) is 1. The van der Waals surface area contributed by atoms with Gasteiger partial charge >= 0.3 is 5.97 Å². The number of carbonyl (C=O) groups is 2.